The molecule has 0 radical (unpaired) electrons. The predicted octanol–water partition coefficient (Wildman–Crippen LogP) is 2.32. The highest BCUT2D eigenvalue weighted by Crippen LogP contribution is 2.39. The molecule has 1 fully saturated rings. The second-order valence-electron chi connectivity index (χ2n) is 5.11. The van der Waals surface area contributed by atoms with Crippen molar-refractivity contribution in [1.29, 1.82) is 0 Å². The van der Waals surface area contributed by atoms with E-state index in [4.69, 9.17) is 4.74 Å². The molecular weight excluding hydrogens is 242 g/mol. The van der Waals surface area contributed by atoms with Gasteiger partial charge in [-0.05, 0) is 26.7 Å². The summed E-state index contributed by atoms with van der Waals surface area (Å²) < 4.78 is 5.23. The van der Waals surface area contributed by atoms with Gasteiger partial charge < -0.3 is 10.1 Å². The second-order valence-corrected chi connectivity index (χ2v) is 5.11. The van der Waals surface area contributed by atoms with Crippen LogP contribution in [0.25, 0.3) is 0 Å². The van der Waals surface area contributed by atoms with E-state index in [0.29, 0.717) is 13.2 Å². The van der Waals surface area contributed by atoms with Crippen molar-refractivity contribution < 1.29 is 9.53 Å². The van der Waals surface area contributed by atoms with E-state index < -0.39 is 0 Å². The normalized spacial score (nSPS) is 17.2. The lowest BCUT2D eigenvalue weighted by Crippen LogP contribution is -2.37. The van der Waals surface area contributed by atoms with Crippen molar-refractivity contribution in [3.8, 4) is 0 Å². The van der Waals surface area contributed by atoms with Gasteiger partial charge in [0.1, 0.15) is 12.1 Å². The van der Waals surface area contributed by atoms with Crippen molar-refractivity contribution in [3.63, 3.8) is 0 Å². The van der Waals surface area contributed by atoms with Crippen LogP contribution in [0, 0.1) is 12.3 Å². The molecule has 1 aliphatic rings. The van der Waals surface area contributed by atoms with E-state index >= 15 is 0 Å². The van der Waals surface area contributed by atoms with E-state index in [-0.39, 0.29) is 11.4 Å². The fraction of sp³-hybridized carbons (Fsp3) is 0.643. The number of aryl methyl sites for hydroxylation is 1. The topological polar surface area (TPSA) is 64.1 Å². The van der Waals surface area contributed by atoms with Crippen LogP contribution in [0.15, 0.2) is 12.4 Å². The molecule has 1 heterocycles. The number of carbonyl (C=O) groups excluding carboxylic acids is 1. The number of aromatic nitrogens is 2. The van der Waals surface area contributed by atoms with Crippen molar-refractivity contribution in [2.75, 3.05) is 18.5 Å². The Kier molecular flexibility index (Phi) is 4.35. The molecule has 2 rings (SSSR count). The lowest BCUT2D eigenvalue weighted by molar-refractivity contribution is -0.154. The van der Waals surface area contributed by atoms with Gasteiger partial charge >= 0.3 is 5.97 Å². The summed E-state index contributed by atoms with van der Waals surface area (Å²) in [6, 6.07) is 1.88. The smallest absolute Gasteiger partial charge is 0.313 e. The fourth-order valence-corrected chi connectivity index (χ4v) is 2.60. The molecule has 5 heteroatoms. The molecule has 0 bridgehead atoms. The van der Waals surface area contributed by atoms with E-state index in [1.165, 1.54) is 6.33 Å². The van der Waals surface area contributed by atoms with Gasteiger partial charge in [-0.3, -0.25) is 4.79 Å². The monoisotopic (exact) mass is 263 g/mol. The number of ether oxygens (including phenoxy) is 1. The third-order valence-electron chi connectivity index (χ3n) is 3.68. The summed E-state index contributed by atoms with van der Waals surface area (Å²) in [5.74, 6) is 0.689. The summed E-state index contributed by atoms with van der Waals surface area (Å²) in [7, 11) is 0. The molecule has 1 saturated carbocycles. The highest BCUT2D eigenvalue weighted by atomic mass is 16.5. The van der Waals surface area contributed by atoms with Crippen molar-refractivity contribution in [2.45, 2.75) is 39.5 Å². The van der Waals surface area contributed by atoms with Crippen LogP contribution < -0.4 is 5.32 Å². The first-order chi connectivity index (χ1) is 9.16. The lowest BCUT2D eigenvalue weighted by atomic mass is 9.86. The Morgan fingerprint density at radius 3 is 2.79 bits per heavy atom. The molecule has 19 heavy (non-hydrogen) atoms. The minimum absolute atomic E-state index is 0.0780. The Morgan fingerprint density at radius 2 is 2.16 bits per heavy atom. The average Bonchev–Trinajstić information content (AvgIpc) is 2.87. The Hall–Kier alpha value is -1.65. The van der Waals surface area contributed by atoms with Crippen molar-refractivity contribution in [2.24, 2.45) is 5.41 Å². The van der Waals surface area contributed by atoms with Gasteiger partial charge in [0.15, 0.2) is 0 Å². The number of rotatable bonds is 5. The van der Waals surface area contributed by atoms with Crippen LogP contribution in [0.4, 0.5) is 5.82 Å². The number of nitrogens with zero attached hydrogens (tertiary/aromatic N) is 2. The fourth-order valence-electron chi connectivity index (χ4n) is 2.60. The number of esters is 1. The van der Waals surface area contributed by atoms with Crippen LogP contribution >= 0.6 is 0 Å². The van der Waals surface area contributed by atoms with Gasteiger partial charge in [0.25, 0.3) is 0 Å². The van der Waals surface area contributed by atoms with Crippen LogP contribution in [0.2, 0.25) is 0 Å². The zero-order valence-electron chi connectivity index (χ0n) is 11.6. The number of nitrogens with one attached hydrogen (secondary N) is 1. The quantitative estimate of drug-likeness (QED) is 0.826. The number of carbonyl (C=O) groups is 1. The molecule has 1 aliphatic carbocycles. The van der Waals surface area contributed by atoms with Crippen molar-refractivity contribution in [1.82, 2.24) is 9.97 Å². The molecule has 0 spiro atoms. The Bertz CT molecular complexity index is 442. The zero-order chi connectivity index (χ0) is 13.7. The standard InChI is InChI=1S/C14H21N3O2/c1-3-19-13(18)14(6-4-5-7-14)9-15-12-8-11(2)16-10-17-12/h8,10H,3-7,9H2,1-2H3,(H,15,16,17). The maximum Gasteiger partial charge on any atom is 0.313 e. The van der Waals surface area contributed by atoms with Crippen molar-refractivity contribution in [3.05, 3.63) is 18.1 Å². The zero-order valence-corrected chi connectivity index (χ0v) is 11.6. The minimum atomic E-state index is -0.380. The number of anilines is 1. The minimum Gasteiger partial charge on any atom is -0.466 e. The molecule has 1 aromatic rings. The molecule has 0 amide bonds. The van der Waals surface area contributed by atoms with E-state index in [2.05, 4.69) is 15.3 Å². The first-order valence-electron chi connectivity index (χ1n) is 6.86. The van der Waals surface area contributed by atoms with E-state index in [1.807, 2.05) is 19.9 Å². The van der Waals surface area contributed by atoms with E-state index in [9.17, 15) is 4.79 Å². The van der Waals surface area contributed by atoms with Gasteiger partial charge in [-0.25, -0.2) is 9.97 Å². The third kappa shape index (κ3) is 3.22. The Morgan fingerprint density at radius 1 is 1.42 bits per heavy atom. The summed E-state index contributed by atoms with van der Waals surface area (Å²) in [5, 5.41) is 3.26. The highest BCUT2D eigenvalue weighted by Gasteiger charge is 2.42. The molecule has 0 aromatic carbocycles. The third-order valence-corrected chi connectivity index (χ3v) is 3.68. The molecule has 104 valence electrons. The SMILES string of the molecule is CCOC(=O)C1(CNc2cc(C)ncn2)CCCC1. The van der Waals surface area contributed by atoms with Gasteiger partial charge in [0, 0.05) is 18.3 Å². The molecule has 0 unspecified atom stereocenters. The van der Waals surface area contributed by atoms with Crippen LogP contribution in [0.3, 0.4) is 0 Å². The van der Waals surface area contributed by atoms with Crippen LogP contribution in [-0.4, -0.2) is 29.1 Å². The van der Waals surface area contributed by atoms with Gasteiger partial charge in [0.05, 0.1) is 12.0 Å². The highest BCUT2D eigenvalue weighted by molar-refractivity contribution is 5.78. The predicted molar refractivity (Wildman–Crippen MR) is 72.8 cm³/mol. The maximum atomic E-state index is 12.2. The van der Waals surface area contributed by atoms with Gasteiger partial charge in [-0.15, -0.1) is 0 Å². The molecule has 1 N–H and O–H groups in total. The van der Waals surface area contributed by atoms with Gasteiger partial charge in [-0.2, -0.15) is 0 Å². The summed E-state index contributed by atoms with van der Waals surface area (Å²) in [5.41, 5.74) is 0.531. The molecule has 5 nitrogen and oxygen atoms in total. The maximum absolute atomic E-state index is 12.2. The molecule has 0 saturated heterocycles. The number of hydrogen-bond donors (Lipinski definition) is 1. The first kappa shape index (κ1) is 13.8. The van der Waals surface area contributed by atoms with Crippen LogP contribution in [0.1, 0.15) is 38.3 Å². The number of hydrogen-bond acceptors (Lipinski definition) is 5. The lowest BCUT2D eigenvalue weighted by Gasteiger charge is -2.26. The summed E-state index contributed by atoms with van der Waals surface area (Å²) >= 11 is 0. The summed E-state index contributed by atoms with van der Waals surface area (Å²) in [4.78, 5) is 20.4. The second kappa shape index (κ2) is 5.99. The van der Waals surface area contributed by atoms with Crippen molar-refractivity contribution >= 4 is 11.8 Å². The van der Waals surface area contributed by atoms with Gasteiger partial charge in [0.2, 0.25) is 0 Å². The van der Waals surface area contributed by atoms with Gasteiger partial charge in [-0.1, -0.05) is 12.8 Å². The Labute approximate surface area is 113 Å². The summed E-state index contributed by atoms with van der Waals surface area (Å²) in [6.07, 6.45) is 5.49. The van der Waals surface area contributed by atoms with E-state index in [1.54, 1.807) is 0 Å². The molecule has 1 aromatic heterocycles. The van der Waals surface area contributed by atoms with Crippen LogP contribution in [0.5, 0.6) is 0 Å². The molecule has 0 atom stereocenters. The largest absolute Gasteiger partial charge is 0.466 e. The Balaban J connectivity index is 2.03. The first-order valence-corrected chi connectivity index (χ1v) is 6.86. The molecule has 0 aliphatic heterocycles. The van der Waals surface area contributed by atoms with E-state index in [0.717, 1.165) is 37.2 Å². The average molecular weight is 263 g/mol. The van der Waals surface area contributed by atoms with Crippen LogP contribution in [-0.2, 0) is 9.53 Å². The summed E-state index contributed by atoms with van der Waals surface area (Å²) in [6.45, 7) is 4.79. The molecular formula is C14H21N3O2.